The summed E-state index contributed by atoms with van der Waals surface area (Å²) in [6.07, 6.45) is -0.491. The van der Waals surface area contributed by atoms with Crippen LogP contribution in [0.2, 0.25) is 0 Å². The van der Waals surface area contributed by atoms with Crippen LogP contribution in [-0.4, -0.2) is 38.6 Å². The van der Waals surface area contributed by atoms with Gasteiger partial charge in [0.1, 0.15) is 0 Å². The molecule has 0 aliphatic carbocycles. The Morgan fingerprint density at radius 1 is 1.56 bits per heavy atom. The van der Waals surface area contributed by atoms with E-state index in [2.05, 4.69) is 15.1 Å². The van der Waals surface area contributed by atoms with Crippen LogP contribution in [0.1, 0.15) is 0 Å². The Kier molecular flexibility index (Phi) is 5.86. The van der Waals surface area contributed by atoms with E-state index >= 15 is 0 Å². The first-order valence-electron chi connectivity index (χ1n) is 2.74. The van der Waals surface area contributed by atoms with Gasteiger partial charge in [-0.1, -0.05) is 0 Å². The van der Waals surface area contributed by atoms with Gasteiger partial charge in [-0.3, -0.25) is 0 Å². The van der Waals surface area contributed by atoms with Crippen LogP contribution in [-0.2, 0) is 9.57 Å². The molecule has 4 nitrogen and oxygen atoms in total. The van der Waals surface area contributed by atoms with Crippen LogP contribution < -0.4 is 5.48 Å². The van der Waals surface area contributed by atoms with Gasteiger partial charge in [0, 0.05) is 13.7 Å². The number of hydroxylamine groups is 1. The Hall–Kier alpha value is -0.160. The Morgan fingerprint density at radius 2 is 2.22 bits per heavy atom. The lowest BCUT2D eigenvalue weighted by Crippen LogP contribution is -2.29. The summed E-state index contributed by atoms with van der Waals surface area (Å²) in [4.78, 5) is 4.49. The molecule has 0 saturated carbocycles. The van der Waals surface area contributed by atoms with Crippen LogP contribution in [0.3, 0.4) is 0 Å². The Labute approximate surface area is 54.7 Å². The van der Waals surface area contributed by atoms with Gasteiger partial charge in [0.2, 0.25) is 0 Å². The molecule has 9 heavy (non-hydrogen) atoms. The molecule has 0 aromatic heterocycles. The fraction of sp³-hybridized carbons (Fsp3) is 1.00. The molecule has 0 fully saturated rings. The highest BCUT2D eigenvalue weighted by molar-refractivity contribution is 4.51. The van der Waals surface area contributed by atoms with E-state index < -0.39 is 6.10 Å². The van der Waals surface area contributed by atoms with Gasteiger partial charge in [-0.15, -0.1) is 0 Å². The zero-order chi connectivity index (χ0) is 7.11. The third-order valence-electron chi connectivity index (χ3n) is 0.822. The second-order valence-electron chi connectivity index (χ2n) is 1.66. The molecule has 0 saturated heterocycles. The maximum Gasteiger partial charge on any atom is 0.0920 e. The molecule has 0 aromatic rings. The SMILES string of the molecule is COC[C@H](O)CNOC. The van der Waals surface area contributed by atoms with Crippen molar-refractivity contribution < 1.29 is 14.7 Å². The first-order valence-corrected chi connectivity index (χ1v) is 2.74. The summed E-state index contributed by atoms with van der Waals surface area (Å²) in [7, 11) is 3.04. The summed E-state index contributed by atoms with van der Waals surface area (Å²) >= 11 is 0. The van der Waals surface area contributed by atoms with Crippen LogP contribution in [0.25, 0.3) is 0 Å². The van der Waals surface area contributed by atoms with E-state index in [-0.39, 0.29) is 0 Å². The molecule has 0 unspecified atom stereocenters. The smallest absolute Gasteiger partial charge is 0.0920 e. The minimum atomic E-state index is -0.491. The Bertz CT molecular complexity index is 60.2. The minimum absolute atomic E-state index is 0.330. The van der Waals surface area contributed by atoms with E-state index in [4.69, 9.17) is 5.11 Å². The van der Waals surface area contributed by atoms with Gasteiger partial charge in [0.05, 0.1) is 19.8 Å². The van der Waals surface area contributed by atoms with Crippen molar-refractivity contribution in [2.24, 2.45) is 0 Å². The van der Waals surface area contributed by atoms with Crippen LogP contribution in [0, 0.1) is 0 Å². The molecule has 4 heteroatoms. The van der Waals surface area contributed by atoms with Crippen LogP contribution in [0.5, 0.6) is 0 Å². The van der Waals surface area contributed by atoms with Crippen molar-refractivity contribution in [3.63, 3.8) is 0 Å². The molecule has 0 radical (unpaired) electrons. The van der Waals surface area contributed by atoms with E-state index in [9.17, 15) is 0 Å². The van der Waals surface area contributed by atoms with Gasteiger partial charge in [0.15, 0.2) is 0 Å². The molecular formula is C5H13NO3. The average Bonchev–Trinajstić information content (AvgIpc) is 1.85. The lowest BCUT2D eigenvalue weighted by molar-refractivity contribution is 0.0157. The molecule has 56 valence electrons. The number of rotatable bonds is 5. The van der Waals surface area contributed by atoms with Gasteiger partial charge < -0.3 is 14.7 Å². The minimum Gasteiger partial charge on any atom is -0.389 e. The van der Waals surface area contributed by atoms with Crippen molar-refractivity contribution in [3.05, 3.63) is 0 Å². The highest BCUT2D eigenvalue weighted by Gasteiger charge is 1.99. The topological polar surface area (TPSA) is 50.7 Å². The summed E-state index contributed by atoms with van der Waals surface area (Å²) in [6, 6.07) is 0. The number of ether oxygens (including phenoxy) is 1. The maximum absolute atomic E-state index is 8.91. The fourth-order valence-corrected chi connectivity index (χ4v) is 0.431. The van der Waals surface area contributed by atoms with Crippen molar-refractivity contribution >= 4 is 0 Å². The first kappa shape index (κ1) is 8.84. The quantitative estimate of drug-likeness (QED) is 0.482. The van der Waals surface area contributed by atoms with Crippen LogP contribution in [0.4, 0.5) is 0 Å². The number of hydrogen-bond donors (Lipinski definition) is 2. The van der Waals surface area contributed by atoms with Crippen molar-refractivity contribution in [1.29, 1.82) is 0 Å². The lowest BCUT2D eigenvalue weighted by Gasteiger charge is -2.07. The molecule has 0 bridgehead atoms. The molecule has 0 spiro atoms. The molecule has 2 N–H and O–H groups in total. The monoisotopic (exact) mass is 135 g/mol. The number of nitrogens with one attached hydrogen (secondary N) is 1. The lowest BCUT2D eigenvalue weighted by atomic mass is 10.4. The summed E-state index contributed by atoms with van der Waals surface area (Å²) < 4.78 is 4.66. The fourth-order valence-electron chi connectivity index (χ4n) is 0.431. The number of aliphatic hydroxyl groups is 1. The summed E-state index contributed by atoms with van der Waals surface area (Å²) in [5, 5.41) is 8.91. The van der Waals surface area contributed by atoms with Crippen molar-refractivity contribution in [3.8, 4) is 0 Å². The van der Waals surface area contributed by atoms with E-state index in [0.717, 1.165) is 0 Å². The third kappa shape index (κ3) is 5.72. The second kappa shape index (κ2) is 5.97. The van der Waals surface area contributed by atoms with Gasteiger partial charge in [0.25, 0.3) is 0 Å². The molecule has 0 heterocycles. The normalized spacial score (nSPS) is 13.7. The first-order chi connectivity index (χ1) is 4.31. The van der Waals surface area contributed by atoms with Crippen molar-refractivity contribution in [2.75, 3.05) is 27.4 Å². The highest BCUT2D eigenvalue weighted by atomic mass is 16.6. The molecule has 0 rings (SSSR count). The van der Waals surface area contributed by atoms with Gasteiger partial charge in [-0.2, -0.15) is 0 Å². The molecule has 0 aliphatic rings. The van der Waals surface area contributed by atoms with Crippen molar-refractivity contribution in [2.45, 2.75) is 6.10 Å². The predicted octanol–water partition coefficient (Wildman–Crippen LogP) is -0.855. The van der Waals surface area contributed by atoms with Crippen LogP contribution >= 0.6 is 0 Å². The molecule has 0 aromatic carbocycles. The predicted molar refractivity (Wildman–Crippen MR) is 32.9 cm³/mol. The van der Waals surface area contributed by atoms with E-state index in [1.165, 1.54) is 14.2 Å². The molecule has 0 aliphatic heterocycles. The summed E-state index contributed by atoms with van der Waals surface area (Å²) in [6.45, 7) is 0.723. The zero-order valence-corrected chi connectivity index (χ0v) is 5.76. The van der Waals surface area contributed by atoms with Gasteiger partial charge in [-0.25, -0.2) is 5.48 Å². The van der Waals surface area contributed by atoms with Crippen LogP contribution in [0.15, 0.2) is 0 Å². The standard InChI is InChI=1S/C5H13NO3/c1-8-4-5(7)3-6-9-2/h5-7H,3-4H2,1-2H3/t5-/m1/s1. The van der Waals surface area contributed by atoms with E-state index in [1.54, 1.807) is 0 Å². The summed E-state index contributed by atoms with van der Waals surface area (Å²) in [5.41, 5.74) is 2.50. The third-order valence-corrected chi connectivity index (χ3v) is 0.822. The Morgan fingerprint density at radius 3 is 2.67 bits per heavy atom. The zero-order valence-electron chi connectivity index (χ0n) is 5.76. The van der Waals surface area contributed by atoms with Gasteiger partial charge in [-0.05, 0) is 0 Å². The summed E-state index contributed by atoms with van der Waals surface area (Å²) in [5.74, 6) is 0. The maximum atomic E-state index is 8.91. The molecule has 1 atom stereocenters. The average molecular weight is 135 g/mol. The number of methoxy groups -OCH3 is 1. The molecule has 0 amide bonds. The molecular weight excluding hydrogens is 122 g/mol. The van der Waals surface area contributed by atoms with E-state index in [0.29, 0.717) is 13.2 Å². The Balaban J connectivity index is 2.95. The number of aliphatic hydroxyl groups excluding tert-OH is 1. The van der Waals surface area contributed by atoms with E-state index in [1.807, 2.05) is 0 Å². The van der Waals surface area contributed by atoms with Gasteiger partial charge >= 0.3 is 0 Å². The van der Waals surface area contributed by atoms with Crippen molar-refractivity contribution in [1.82, 2.24) is 5.48 Å². The second-order valence-corrected chi connectivity index (χ2v) is 1.66. The largest absolute Gasteiger partial charge is 0.389 e. The number of hydrogen-bond acceptors (Lipinski definition) is 4. The highest BCUT2D eigenvalue weighted by Crippen LogP contribution is 1.79.